The minimum Gasteiger partial charge on any atom is -0.293 e. The monoisotopic (exact) mass is 123 g/mol. The van der Waals surface area contributed by atoms with E-state index in [1.54, 1.807) is 0 Å². The molecule has 0 saturated heterocycles. The molecule has 0 unspecified atom stereocenters. The molecule has 0 fully saturated rings. The van der Waals surface area contributed by atoms with E-state index in [0.29, 0.717) is 6.42 Å². The molecule has 9 heavy (non-hydrogen) atoms. The molecule has 48 valence electrons. The number of ketones is 1. The topological polar surface area (TPSA) is 29.4 Å². The maximum Gasteiger partial charge on any atom is 0.177 e. The Balaban J connectivity index is 2.87. The van der Waals surface area contributed by atoms with Crippen molar-refractivity contribution in [1.29, 1.82) is 0 Å². The summed E-state index contributed by atoms with van der Waals surface area (Å²) in [7, 11) is 0. The molecule has 1 rings (SSSR count). The van der Waals surface area contributed by atoms with E-state index >= 15 is 0 Å². The Labute approximate surface area is 54.3 Å². The van der Waals surface area contributed by atoms with Gasteiger partial charge < -0.3 is 0 Å². The molecule has 0 aliphatic carbocycles. The lowest BCUT2D eigenvalue weighted by molar-refractivity contribution is -0.112. The van der Waals surface area contributed by atoms with Gasteiger partial charge >= 0.3 is 0 Å². The van der Waals surface area contributed by atoms with Crippen LogP contribution < -0.4 is 0 Å². The molecule has 1 heterocycles. The molecule has 0 bridgehead atoms. The van der Waals surface area contributed by atoms with Gasteiger partial charge in [0.05, 0.1) is 6.21 Å². The zero-order chi connectivity index (χ0) is 6.85. The van der Waals surface area contributed by atoms with Gasteiger partial charge in [-0.05, 0) is 19.4 Å². The Morgan fingerprint density at radius 1 is 1.56 bits per heavy atom. The first-order valence-corrected chi connectivity index (χ1v) is 2.93. The molecule has 0 atom stereocenters. The average Bonchev–Trinajstić information content (AvgIpc) is 1.80. The first-order chi connectivity index (χ1) is 4.20. The van der Waals surface area contributed by atoms with E-state index < -0.39 is 0 Å². The molecule has 0 radical (unpaired) electrons. The van der Waals surface area contributed by atoms with Crippen LogP contribution >= 0.6 is 0 Å². The van der Waals surface area contributed by atoms with Crippen LogP contribution in [0.1, 0.15) is 20.3 Å². The second kappa shape index (κ2) is 2.13. The highest BCUT2D eigenvalue weighted by atomic mass is 16.1. The predicted octanol–water partition coefficient (Wildman–Crippen LogP) is 1.32. The second-order valence-corrected chi connectivity index (χ2v) is 2.27. The summed E-state index contributed by atoms with van der Waals surface area (Å²) in [6.07, 6.45) is 1.94. The summed E-state index contributed by atoms with van der Waals surface area (Å²) in [6.45, 7) is 3.85. The first kappa shape index (κ1) is 6.20. The molecular weight excluding hydrogens is 114 g/mol. The Kier molecular flexibility index (Phi) is 1.47. The van der Waals surface area contributed by atoms with Crippen LogP contribution in [0.3, 0.4) is 0 Å². The normalized spacial score (nSPS) is 19.1. The number of Topliss-reactive ketones (excluding diaryl/α,β-unsaturated/α-hetero) is 1. The van der Waals surface area contributed by atoms with Crippen LogP contribution in [0.5, 0.6) is 0 Å². The second-order valence-electron chi connectivity index (χ2n) is 2.27. The Morgan fingerprint density at radius 2 is 2.22 bits per heavy atom. The highest BCUT2D eigenvalue weighted by Gasteiger charge is 2.06. The van der Waals surface area contributed by atoms with Crippen molar-refractivity contribution in [3.8, 4) is 0 Å². The number of aliphatic imine (C=N–C) groups is 1. The van der Waals surface area contributed by atoms with E-state index in [2.05, 4.69) is 4.99 Å². The summed E-state index contributed by atoms with van der Waals surface area (Å²) in [5.41, 5.74) is 2.07. The summed E-state index contributed by atoms with van der Waals surface area (Å²) in [5, 5.41) is 0. The van der Waals surface area contributed by atoms with Gasteiger partial charge in [0, 0.05) is 12.1 Å². The third kappa shape index (κ3) is 1.25. The zero-order valence-corrected chi connectivity index (χ0v) is 5.64. The largest absolute Gasteiger partial charge is 0.293 e. The van der Waals surface area contributed by atoms with Crippen molar-refractivity contribution in [1.82, 2.24) is 0 Å². The number of rotatable bonds is 0. The lowest BCUT2D eigenvalue weighted by Crippen LogP contribution is -2.05. The number of hydrogen-bond acceptors (Lipinski definition) is 2. The summed E-state index contributed by atoms with van der Waals surface area (Å²) in [4.78, 5) is 14.5. The van der Waals surface area contributed by atoms with Crippen molar-refractivity contribution >= 4 is 12.0 Å². The van der Waals surface area contributed by atoms with Gasteiger partial charge in [-0.3, -0.25) is 9.79 Å². The summed E-state index contributed by atoms with van der Waals surface area (Å²) in [5.74, 6) is 0.109. The van der Waals surface area contributed by atoms with Gasteiger partial charge in [0.15, 0.2) is 5.78 Å². The third-order valence-corrected chi connectivity index (χ3v) is 1.46. The molecule has 0 aromatic rings. The molecule has 0 spiro atoms. The maximum atomic E-state index is 10.6. The van der Waals surface area contributed by atoms with Crippen LogP contribution in [0, 0.1) is 0 Å². The van der Waals surface area contributed by atoms with Gasteiger partial charge in [-0.15, -0.1) is 0 Å². The smallest absolute Gasteiger partial charge is 0.177 e. The van der Waals surface area contributed by atoms with Crippen LogP contribution in [-0.4, -0.2) is 12.0 Å². The summed E-state index contributed by atoms with van der Waals surface area (Å²) in [6, 6.07) is 0. The minimum absolute atomic E-state index is 0.109. The minimum atomic E-state index is 0.109. The highest BCUT2D eigenvalue weighted by Crippen LogP contribution is 2.12. The number of hydrogen-bond donors (Lipinski definition) is 0. The molecule has 0 amide bonds. The van der Waals surface area contributed by atoms with Gasteiger partial charge in [-0.2, -0.15) is 0 Å². The molecular formula is C7H9NO. The third-order valence-electron chi connectivity index (χ3n) is 1.46. The van der Waals surface area contributed by atoms with Gasteiger partial charge in [0.2, 0.25) is 0 Å². The highest BCUT2D eigenvalue weighted by molar-refractivity contribution is 6.29. The van der Waals surface area contributed by atoms with Crippen molar-refractivity contribution < 1.29 is 4.79 Å². The Morgan fingerprint density at radius 3 is 2.67 bits per heavy atom. The number of allylic oxidation sites excluding steroid dienone is 2. The Hall–Kier alpha value is -0.920. The van der Waals surface area contributed by atoms with Gasteiger partial charge in [0.1, 0.15) is 0 Å². The van der Waals surface area contributed by atoms with Crippen molar-refractivity contribution in [2.75, 3.05) is 0 Å². The standard InChI is InChI=1S/C7H9NO/c1-5-3-7(9)4-8-6(5)2/h4H,3H2,1-2H3. The molecule has 2 nitrogen and oxygen atoms in total. The quantitative estimate of drug-likeness (QED) is 0.477. The predicted molar refractivity (Wildman–Crippen MR) is 36.5 cm³/mol. The lowest BCUT2D eigenvalue weighted by Gasteiger charge is -2.04. The average molecular weight is 123 g/mol. The molecule has 1 aliphatic rings. The molecule has 2 heteroatoms. The fourth-order valence-corrected chi connectivity index (χ4v) is 0.714. The lowest BCUT2D eigenvalue weighted by atomic mass is 10.1. The summed E-state index contributed by atoms with van der Waals surface area (Å²) >= 11 is 0. The fraction of sp³-hybridized carbons (Fsp3) is 0.429. The molecule has 0 saturated carbocycles. The first-order valence-electron chi connectivity index (χ1n) is 2.93. The SMILES string of the molecule is CC1=C(C)N=CC(=O)C1. The van der Waals surface area contributed by atoms with E-state index in [1.165, 1.54) is 6.21 Å². The Bertz CT molecular complexity index is 201. The summed E-state index contributed by atoms with van der Waals surface area (Å²) < 4.78 is 0. The van der Waals surface area contributed by atoms with Gasteiger partial charge in [-0.1, -0.05) is 0 Å². The van der Waals surface area contributed by atoms with E-state index in [-0.39, 0.29) is 5.78 Å². The van der Waals surface area contributed by atoms with E-state index in [0.717, 1.165) is 11.3 Å². The van der Waals surface area contributed by atoms with E-state index in [9.17, 15) is 4.79 Å². The van der Waals surface area contributed by atoms with Crippen molar-refractivity contribution in [3.05, 3.63) is 11.3 Å². The van der Waals surface area contributed by atoms with Crippen LogP contribution in [0.2, 0.25) is 0 Å². The maximum absolute atomic E-state index is 10.6. The van der Waals surface area contributed by atoms with Crippen molar-refractivity contribution in [2.45, 2.75) is 20.3 Å². The van der Waals surface area contributed by atoms with Crippen LogP contribution in [0.25, 0.3) is 0 Å². The fourth-order valence-electron chi connectivity index (χ4n) is 0.714. The van der Waals surface area contributed by atoms with Crippen LogP contribution in [-0.2, 0) is 4.79 Å². The van der Waals surface area contributed by atoms with Crippen LogP contribution in [0.15, 0.2) is 16.3 Å². The number of carbonyl (C=O) groups excluding carboxylic acids is 1. The molecule has 1 aliphatic heterocycles. The van der Waals surface area contributed by atoms with Gasteiger partial charge in [-0.25, -0.2) is 0 Å². The van der Waals surface area contributed by atoms with Crippen molar-refractivity contribution in [3.63, 3.8) is 0 Å². The molecule has 0 aromatic carbocycles. The van der Waals surface area contributed by atoms with Crippen LogP contribution in [0.4, 0.5) is 0 Å². The van der Waals surface area contributed by atoms with E-state index in [1.807, 2.05) is 13.8 Å². The molecule has 0 N–H and O–H groups in total. The number of carbonyl (C=O) groups is 1. The van der Waals surface area contributed by atoms with Gasteiger partial charge in [0.25, 0.3) is 0 Å². The zero-order valence-electron chi connectivity index (χ0n) is 5.64. The van der Waals surface area contributed by atoms with E-state index in [4.69, 9.17) is 0 Å². The van der Waals surface area contributed by atoms with Crippen molar-refractivity contribution in [2.24, 2.45) is 4.99 Å². The molecule has 0 aromatic heterocycles. The number of nitrogens with zero attached hydrogens (tertiary/aromatic N) is 1.